The summed E-state index contributed by atoms with van der Waals surface area (Å²) < 4.78 is 16.8. The third-order valence-corrected chi connectivity index (χ3v) is 7.24. The van der Waals surface area contributed by atoms with Crippen LogP contribution in [0.2, 0.25) is 0 Å². The number of hydrogen-bond donors (Lipinski definition) is 3. The lowest BCUT2D eigenvalue weighted by Gasteiger charge is -2.26. The molecule has 2 heterocycles. The summed E-state index contributed by atoms with van der Waals surface area (Å²) in [6.07, 6.45) is 7.67. The van der Waals surface area contributed by atoms with Gasteiger partial charge in [0.15, 0.2) is 0 Å². The average Bonchev–Trinajstić information content (AvgIpc) is 3.60. The summed E-state index contributed by atoms with van der Waals surface area (Å²) in [5.41, 5.74) is 0.824. The minimum atomic E-state index is -0.986. The molecule has 0 saturated carbocycles. The van der Waals surface area contributed by atoms with E-state index in [-0.39, 0.29) is 55.3 Å². The fraction of sp³-hybridized carbons (Fsp3) is 0.724. The molecule has 0 spiro atoms. The first-order chi connectivity index (χ1) is 17.4. The largest absolute Gasteiger partial charge is 0.457 e. The average molecular weight is 523 g/mol. The highest BCUT2D eigenvalue weighted by Gasteiger charge is 2.44. The zero-order chi connectivity index (χ0) is 27.7. The molecule has 0 aromatic heterocycles. The van der Waals surface area contributed by atoms with Crippen molar-refractivity contribution in [2.24, 2.45) is 17.8 Å². The number of allylic oxidation sites excluding steroid dienone is 3. The molecule has 37 heavy (non-hydrogen) atoms. The van der Waals surface area contributed by atoms with Gasteiger partial charge in [-0.2, -0.15) is 0 Å². The second-order valence-corrected chi connectivity index (χ2v) is 10.7. The van der Waals surface area contributed by atoms with E-state index in [1.54, 1.807) is 12.2 Å². The quantitative estimate of drug-likeness (QED) is 0.181. The molecule has 0 bridgehead atoms. The Bertz CT molecular complexity index is 834. The maximum atomic E-state index is 12.5. The van der Waals surface area contributed by atoms with Crippen LogP contribution in [0.15, 0.2) is 36.0 Å². The Labute approximate surface area is 221 Å². The van der Waals surface area contributed by atoms with Crippen LogP contribution in [-0.2, 0) is 23.8 Å². The number of aliphatic hydroxyl groups excluding tert-OH is 3. The van der Waals surface area contributed by atoms with E-state index in [9.17, 15) is 24.9 Å². The van der Waals surface area contributed by atoms with Crippen LogP contribution in [0.5, 0.6) is 0 Å². The van der Waals surface area contributed by atoms with E-state index in [4.69, 9.17) is 14.2 Å². The van der Waals surface area contributed by atoms with E-state index in [0.29, 0.717) is 0 Å². The molecule has 10 unspecified atom stereocenters. The van der Waals surface area contributed by atoms with Gasteiger partial charge in [-0.15, -0.1) is 0 Å². The Morgan fingerprint density at radius 1 is 1.22 bits per heavy atom. The summed E-state index contributed by atoms with van der Waals surface area (Å²) in [4.78, 5) is 24.0. The third kappa shape index (κ3) is 10.3. The summed E-state index contributed by atoms with van der Waals surface area (Å²) in [6.45, 7) is 11.2. The van der Waals surface area contributed by atoms with Crippen molar-refractivity contribution in [1.82, 2.24) is 0 Å². The van der Waals surface area contributed by atoms with Gasteiger partial charge < -0.3 is 29.5 Å². The van der Waals surface area contributed by atoms with Crippen LogP contribution in [0.4, 0.5) is 0 Å². The van der Waals surface area contributed by atoms with Gasteiger partial charge in [-0.3, -0.25) is 9.59 Å². The number of carbonyl (C=O) groups excluding carboxylic acids is 2. The van der Waals surface area contributed by atoms with E-state index in [1.165, 1.54) is 6.92 Å². The highest BCUT2D eigenvalue weighted by Crippen LogP contribution is 2.36. The number of esters is 2. The number of epoxide rings is 1. The lowest BCUT2D eigenvalue weighted by molar-refractivity contribution is -0.151. The van der Waals surface area contributed by atoms with Gasteiger partial charge in [0.25, 0.3) is 0 Å². The predicted molar refractivity (Wildman–Crippen MR) is 140 cm³/mol. The van der Waals surface area contributed by atoms with Crippen molar-refractivity contribution < 1.29 is 39.1 Å². The zero-order valence-corrected chi connectivity index (χ0v) is 23.1. The molecule has 0 amide bonds. The Morgan fingerprint density at radius 2 is 1.92 bits per heavy atom. The maximum Gasteiger partial charge on any atom is 0.309 e. The number of ether oxygens (including phenoxy) is 3. The van der Waals surface area contributed by atoms with Crippen molar-refractivity contribution in [3.05, 3.63) is 36.0 Å². The maximum absolute atomic E-state index is 12.5. The number of carbonyl (C=O) groups is 2. The normalized spacial score (nSPS) is 35.0. The molecule has 0 aromatic rings. The summed E-state index contributed by atoms with van der Waals surface area (Å²) in [5.74, 6) is -0.887. The van der Waals surface area contributed by atoms with Crippen molar-refractivity contribution in [3.63, 3.8) is 0 Å². The molecule has 10 atom stereocenters. The summed E-state index contributed by atoms with van der Waals surface area (Å²) in [6, 6.07) is 0. The molecule has 3 N–H and O–H groups in total. The zero-order valence-electron chi connectivity index (χ0n) is 23.1. The summed E-state index contributed by atoms with van der Waals surface area (Å²) in [5, 5.41) is 30.7. The van der Waals surface area contributed by atoms with Gasteiger partial charge in [-0.1, -0.05) is 52.0 Å². The van der Waals surface area contributed by atoms with Crippen LogP contribution in [0.25, 0.3) is 0 Å². The second kappa shape index (κ2) is 14.8. The molecule has 8 nitrogen and oxygen atoms in total. The fourth-order valence-corrected chi connectivity index (χ4v) is 4.79. The van der Waals surface area contributed by atoms with Crippen LogP contribution >= 0.6 is 0 Å². The molecule has 1 fully saturated rings. The van der Waals surface area contributed by atoms with E-state index < -0.39 is 36.4 Å². The number of hydrogen-bond acceptors (Lipinski definition) is 8. The van der Waals surface area contributed by atoms with E-state index in [2.05, 4.69) is 13.0 Å². The predicted octanol–water partition coefficient (Wildman–Crippen LogP) is 3.63. The van der Waals surface area contributed by atoms with Crippen LogP contribution in [0.3, 0.4) is 0 Å². The minimum Gasteiger partial charge on any atom is -0.457 e. The lowest BCUT2D eigenvalue weighted by Crippen LogP contribution is -2.33. The Hall–Kier alpha value is -2.00. The SMILES string of the molecule is CCC(O)C(C)C1OC1CC(C)/C=C/C=C(\C)C1OC(=O)CC(O)CCC(O)C(OC(C)=O)/C=C/C1C. The number of aliphatic hydroxyl groups is 3. The first kappa shape index (κ1) is 31.2. The lowest BCUT2D eigenvalue weighted by atomic mass is 9.93. The Kier molecular flexibility index (Phi) is 12.5. The summed E-state index contributed by atoms with van der Waals surface area (Å²) in [7, 11) is 0. The molecule has 2 rings (SSSR count). The van der Waals surface area contributed by atoms with Crippen molar-refractivity contribution in [2.75, 3.05) is 0 Å². The van der Waals surface area contributed by atoms with Gasteiger partial charge in [-0.25, -0.2) is 0 Å². The molecule has 8 heteroatoms. The molecule has 0 aliphatic carbocycles. The Balaban J connectivity index is 2.08. The van der Waals surface area contributed by atoms with E-state index >= 15 is 0 Å². The third-order valence-electron chi connectivity index (χ3n) is 7.24. The molecule has 2 aliphatic heterocycles. The van der Waals surface area contributed by atoms with Gasteiger partial charge in [0, 0.05) is 18.8 Å². The molecule has 0 radical (unpaired) electrons. The van der Waals surface area contributed by atoms with E-state index in [0.717, 1.165) is 18.4 Å². The van der Waals surface area contributed by atoms with Gasteiger partial charge in [-0.05, 0) is 50.2 Å². The van der Waals surface area contributed by atoms with Gasteiger partial charge in [0.05, 0.1) is 36.9 Å². The van der Waals surface area contributed by atoms with E-state index in [1.807, 2.05) is 39.8 Å². The van der Waals surface area contributed by atoms with Crippen LogP contribution in [-0.4, -0.2) is 70.0 Å². The first-order valence-electron chi connectivity index (χ1n) is 13.5. The number of rotatable bonds is 9. The minimum absolute atomic E-state index is 0.107. The van der Waals surface area contributed by atoms with Crippen LogP contribution in [0, 0.1) is 17.8 Å². The van der Waals surface area contributed by atoms with Crippen molar-refractivity contribution in [1.29, 1.82) is 0 Å². The molecular formula is C29H46O8. The Morgan fingerprint density at radius 3 is 2.57 bits per heavy atom. The molecule has 1 saturated heterocycles. The topological polar surface area (TPSA) is 126 Å². The van der Waals surface area contributed by atoms with Crippen LogP contribution in [0.1, 0.15) is 73.6 Å². The monoisotopic (exact) mass is 522 g/mol. The van der Waals surface area contributed by atoms with Crippen molar-refractivity contribution >= 4 is 11.9 Å². The molecule has 0 aromatic carbocycles. The van der Waals surface area contributed by atoms with Gasteiger partial charge >= 0.3 is 11.9 Å². The fourth-order valence-electron chi connectivity index (χ4n) is 4.79. The van der Waals surface area contributed by atoms with Gasteiger partial charge in [0.1, 0.15) is 12.2 Å². The number of cyclic esters (lactones) is 1. The molecule has 2 aliphatic rings. The second-order valence-electron chi connectivity index (χ2n) is 10.7. The highest BCUT2D eigenvalue weighted by atomic mass is 16.6. The standard InChI is InChI=1S/C29H46O8/c1-7-23(32)20(5)29-26(36-29)15-17(2)9-8-10-18(3)28-19(4)11-14-25(35-21(6)30)24(33)13-12-22(31)16-27(34)37-28/h8-11,14,17,19-20,22-26,28-29,31-33H,7,12-13,15-16H2,1-6H3/b9-8+,14-11+,18-10+. The van der Waals surface area contributed by atoms with Crippen molar-refractivity contribution in [2.45, 2.75) is 116 Å². The molecular weight excluding hydrogens is 476 g/mol. The van der Waals surface area contributed by atoms with Crippen LogP contribution < -0.4 is 0 Å². The summed E-state index contributed by atoms with van der Waals surface area (Å²) >= 11 is 0. The smallest absolute Gasteiger partial charge is 0.309 e. The molecule has 210 valence electrons. The highest BCUT2D eigenvalue weighted by molar-refractivity contribution is 5.70. The van der Waals surface area contributed by atoms with Crippen molar-refractivity contribution in [3.8, 4) is 0 Å². The first-order valence-corrected chi connectivity index (χ1v) is 13.5. The van der Waals surface area contributed by atoms with Gasteiger partial charge in [0.2, 0.25) is 0 Å².